The van der Waals surface area contributed by atoms with Crippen LogP contribution in [0.1, 0.15) is 31.3 Å². The average molecular weight is 516 g/mol. The topological polar surface area (TPSA) is 160 Å². The molecule has 188 valence electrons. The van der Waals surface area contributed by atoms with Gasteiger partial charge in [0.25, 0.3) is 11.8 Å². The number of aryl methyl sites for hydroxylation is 1. The summed E-state index contributed by atoms with van der Waals surface area (Å²) >= 11 is 1.19. The molecule has 6 N–H and O–H groups in total. The molecule has 11 heteroatoms. The number of allylic oxidation sites excluding steroid dienone is 1. The van der Waals surface area contributed by atoms with E-state index < -0.39 is 11.8 Å². The van der Waals surface area contributed by atoms with Gasteiger partial charge in [0, 0.05) is 54.1 Å². The summed E-state index contributed by atoms with van der Waals surface area (Å²) in [5.41, 5.74) is 13.8. The molecule has 0 saturated heterocycles. The first kappa shape index (κ1) is 25.3. The molecule has 0 unspecified atom stereocenters. The number of carbonyl (C=O) groups is 3. The third-order valence-corrected chi connectivity index (χ3v) is 6.83. The number of hydrogen-bond acceptors (Lipinski definition) is 7. The van der Waals surface area contributed by atoms with Crippen LogP contribution in [0, 0.1) is 5.41 Å². The van der Waals surface area contributed by atoms with Gasteiger partial charge in [0.1, 0.15) is 0 Å². The number of hydrogen-bond donors (Lipinski definition) is 4. The highest BCUT2D eigenvalue weighted by Gasteiger charge is 2.19. The standard InChI is InChI=1S/C26H25N7O3S/c1-32(25(36)16-5-3-2-4-6-16)18-7-8-20-19(13-18)30-26(33(20)12-11-23(29)34)31-24(35)22-10-9-21(37-22)17(14-27)15-28/h2-10,13-15,27H,11-12,28H2,1H3,(H2,29,34)(H,30,31,35)/b17-15+,27-14?. The third kappa shape index (κ3) is 5.41. The number of carbonyl (C=O) groups excluding carboxylic acids is 3. The second kappa shape index (κ2) is 10.9. The maximum Gasteiger partial charge on any atom is 0.268 e. The van der Waals surface area contributed by atoms with E-state index in [4.69, 9.17) is 16.9 Å². The zero-order valence-electron chi connectivity index (χ0n) is 20.0. The molecule has 3 amide bonds. The Labute approximate surface area is 216 Å². The van der Waals surface area contributed by atoms with Crippen LogP contribution < -0.4 is 21.7 Å². The van der Waals surface area contributed by atoms with Crippen molar-refractivity contribution < 1.29 is 14.4 Å². The lowest BCUT2D eigenvalue weighted by Crippen LogP contribution is -2.26. The number of nitrogens with one attached hydrogen (secondary N) is 2. The number of anilines is 2. The van der Waals surface area contributed by atoms with Gasteiger partial charge in [-0.1, -0.05) is 18.2 Å². The molecule has 0 atom stereocenters. The van der Waals surface area contributed by atoms with Crippen LogP contribution in [0.3, 0.4) is 0 Å². The van der Waals surface area contributed by atoms with Crippen molar-refractivity contribution in [2.75, 3.05) is 17.3 Å². The number of amides is 3. The number of benzene rings is 2. The Bertz CT molecular complexity index is 1520. The summed E-state index contributed by atoms with van der Waals surface area (Å²) in [6, 6.07) is 17.6. The molecular formula is C26H25N7O3S. The number of imidazole rings is 1. The Balaban J connectivity index is 1.66. The van der Waals surface area contributed by atoms with Crippen LogP contribution in [0.2, 0.25) is 0 Å². The normalized spacial score (nSPS) is 11.3. The fraction of sp³-hybridized carbons (Fsp3) is 0.115. The Kier molecular flexibility index (Phi) is 7.44. The molecule has 0 aliphatic carbocycles. The fourth-order valence-corrected chi connectivity index (χ4v) is 4.64. The smallest absolute Gasteiger partial charge is 0.268 e. The van der Waals surface area contributed by atoms with Gasteiger partial charge in [-0.3, -0.25) is 19.7 Å². The lowest BCUT2D eigenvalue weighted by Gasteiger charge is -2.17. The quantitative estimate of drug-likeness (QED) is 0.251. The number of primary amides is 1. The maximum absolute atomic E-state index is 13.0. The minimum absolute atomic E-state index is 0.0512. The van der Waals surface area contributed by atoms with Crippen molar-refractivity contribution in [3.8, 4) is 0 Å². The first-order chi connectivity index (χ1) is 17.8. The summed E-state index contributed by atoms with van der Waals surface area (Å²) < 4.78 is 1.71. The van der Waals surface area contributed by atoms with Crippen LogP contribution in [0.4, 0.5) is 11.6 Å². The summed E-state index contributed by atoms with van der Waals surface area (Å²) in [6.45, 7) is 0.211. The zero-order chi connectivity index (χ0) is 26.5. The lowest BCUT2D eigenvalue weighted by molar-refractivity contribution is -0.118. The van der Waals surface area contributed by atoms with Crippen molar-refractivity contribution >= 4 is 63.5 Å². The predicted molar refractivity (Wildman–Crippen MR) is 146 cm³/mol. The van der Waals surface area contributed by atoms with E-state index >= 15 is 0 Å². The zero-order valence-corrected chi connectivity index (χ0v) is 20.8. The van der Waals surface area contributed by atoms with E-state index in [1.54, 1.807) is 66.2 Å². The lowest BCUT2D eigenvalue weighted by atomic mass is 10.2. The molecule has 0 spiro atoms. The molecule has 0 radical (unpaired) electrons. The molecular weight excluding hydrogens is 490 g/mol. The molecule has 0 saturated carbocycles. The van der Waals surface area contributed by atoms with Crippen LogP contribution in [0.25, 0.3) is 16.6 Å². The second-order valence-corrected chi connectivity index (χ2v) is 9.17. The van der Waals surface area contributed by atoms with Crippen molar-refractivity contribution in [1.29, 1.82) is 5.41 Å². The number of nitrogens with two attached hydrogens (primary N) is 2. The van der Waals surface area contributed by atoms with E-state index in [1.165, 1.54) is 22.4 Å². The number of aromatic nitrogens is 2. The van der Waals surface area contributed by atoms with E-state index in [-0.39, 0.29) is 24.8 Å². The summed E-state index contributed by atoms with van der Waals surface area (Å²) in [5.74, 6) is -0.817. The molecule has 4 rings (SSSR count). The summed E-state index contributed by atoms with van der Waals surface area (Å²) in [6.07, 6.45) is 2.48. The van der Waals surface area contributed by atoms with E-state index in [2.05, 4.69) is 10.3 Å². The largest absolute Gasteiger partial charge is 0.404 e. The van der Waals surface area contributed by atoms with Crippen molar-refractivity contribution in [2.24, 2.45) is 11.5 Å². The van der Waals surface area contributed by atoms with Gasteiger partial charge in [0.2, 0.25) is 11.9 Å². The monoisotopic (exact) mass is 515 g/mol. The predicted octanol–water partition coefficient (Wildman–Crippen LogP) is 3.45. The van der Waals surface area contributed by atoms with E-state index in [0.29, 0.717) is 37.6 Å². The van der Waals surface area contributed by atoms with Crippen LogP contribution in [0.15, 0.2) is 66.9 Å². The van der Waals surface area contributed by atoms with Gasteiger partial charge in [-0.15, -0.1) is 11.3 Å². The van der Waals surface area contributed by atoms with Crippen molar-refractivity contribution in [3.05, 3.63) is 82.2 Å². The highest BCUT2D eigenvalue weighted by atomic mass is 32.1. The Hall–Kier alpha value is -4.77. The van der Waals surface area contributed by atoms with Crippen LogP contribution in [-0.2, 0) is 11.3 Å². The Morgan fingerprint density at radius 2 is 1.84 bits per heavy atom. The highest BCUT2D eigenvalue weighted by molar-refractivity contribution is 7.15. The molecule has 0 fully saturated rings. The SMILES string of the molecule is CN(C(=O)c1ccccc1)c1ccc2c(c1)nc(NC(=O)c1ccc(/C(C=N)=C/N)s1)n2CCC(N)=O. The molecule has 4 aromatic rings. The highest BCUT2D eigenvalue weighted by Crippen LogP contribution is 2.28. The minimum Gasteiger partial charge on any atom is -0.404 e. The van der Waals surface area contributed by atoms with Gasteiger partial charge in [0.05, 0.1) is 15.9 Å². The number of thiophene rings is 1. The van der Waals surface area contributed by atoms with Gasteiger partial charge in [-0.2, -0.15) is 0 Å². The molecule has 10 nitrogen and oxygen atoms in total. The van der Waals surface area contributed by atoms with Gasteiger partial charge in [0.15, 0.2) is 0 Å². The van der Waals surface area contributed by atoms with E-state index in [9.17, 15) is 14.4 Å². The van der Waals surface area contributed by atoms with Crippen LogP contribution in [-0.4, -0.2) is 40.5 Å². The summed E-state index contributed by atoms with van der Waals surface area (Å²) in [5, 5.41) is 10.3. The molecule has 0 bridgehead atoms. The summed E-state index contributed by atoms with van der Waals surface area (Å²) in [4.78, 5) is 44.6. The van der Waals surface area contributed by atoms with E-state index in [1.807, 2.05) is 6.07 Å². The second-order valence-electron chi connectivity index (χ2n) is 8.09. The summed E-state index contributed by atoms with van der Waals surface area (Å²) in [7, 11) is 1.68. The molecule has 0 aliphatic rings. The first-order valence-corrected chi connectivity index (χ1v) is 12.1. The fourth-order valence-electron chi connectivity index (χ4n) is 3.74. The number of rotatable bonds is 9. The van der Waals surface area contributed by atoms with Crippen molar-refractivity contribution in [1.82, 2.24) is 9.55 Å². The van der Waals surface area contributed by atoms with Crippen LogP contribution >= 0.6 is 11.3 Å². The Morgan fingerprint density at radius 3 is 2.51 bits per heavy atom. The molecule has 2 heterocycles. The Morgan fingerprint density at radius 1 is 1.11 bits per heavy atom. The van der Waals surface area contributed by atoms with Gasteiger partial charge in [-0.25, -0.2) is 4.98 Å². The number of fused-ring (bicyclic) bond motifs is 1. The van der Waals surface area contributed by atoms with Gasteiger partial charge < -0.3 is 26.3 Å². The van der Waals surface area contributed by atoms with Gasteiger partial charge in [-0.05, 0) is 42.5 Å². The van der Waals surface area contributed by atoms with Crippen molar-refractivity contribution in [3.63, 3.8) is 0 Å². The number of nitrogens with zero attached hydrogens (tertiary/aromatic N) is 3. The molecule has 37 heavy (non-hydrogen) atoms. The molecule has 2 aromatic carbocycles. The van der Waals surface area contributed by atoms with Crippen LogP contribution in [0.5, 0.6) is 0 Å². The van der Waals surface area contributed by atoms with Gasteiger partial charge >= 0.3 is 0 Å². The van der Waals surface area contributed by atoms with E-state index in [0.717, 1.165) is 6.21 Å². The van der Waals surface area contributed by atoms with Crippen molar-refractivity contribution in [2.45, 2.75) is 13.0 Å². The molecule has 2 aromatic heterocycles. The first-order valence-electron chi connectivity index (χ1n) is 11.3. The average Bonchev–Trinajstić information content (AvgIpc) is 3.52. The molecule has 0 aliphatic heterocycles. The minimum atomic E-state index is -0.486. The third-order valence-electron chi connectivity index (χ3n) is 5.70. The maximum atomic E-state index is 13.0.